The van der Waals surface area contributed by atoms with Crippen LogP contribution in [0.5, 0.6) is 0 Å². The number of nitrogens with zero attached hydrogens (tertiary/aromatic N) is 4. The zero-order valence-corrected chi connectivity index (χ0v) is 8.91. The van der Waals surface area contributed by atoms with E-state index in [-0.39, 0.29) is 18.1 Å². The van der Waals surface area contributed by atoms with Crippen LogP contribution in [-0.4, -0.2) is 33.6 Å². The standard InChI is InChI=1S/C8H16N4O2/c1-6(2)8-10(12(13)14)5-9-11(8)7(3)4/h5-8H,1-4H3. The topological polar surface area (TPSA) is 62.0 Å². The Bertz CT molecular complexity index is 252. The third-order valence-electron chi connectivity index (χ3n) is 2.16. The maximum absolute atomic E-state index is 10.7. The second kappa shape index (κ2) is 3.81. The van der Waals surface area contributed by atoms with Crippen LogP contribution >= 0.6 is 0 Å². The van der Waals surface area contributed by atoms with Gasteiger partial charge < -0.3 is 0 Å². The predicted molar refractivity (Wildman–Crippen MR) is 52.9 cm³/mol. The van der Waals surface area contributed by atoms with E-state index in [1.54, 1.807) is 5.01 Å². The molecular weight excluding hydrogens is 184 g/mol. The minimum atomic E-state index is -0.420. The molecule has 1 heterocycles. The van der Waals surface area contributed by atoms with Crippen molar-refractivity contribution in [2.75, 3.05) is 0 Å². The quantitative estimate of drug-likeness (QED) is 0.506. The van der Waals surface area contributed by atoms with Crippen LogP contribution in [0.4, 0.5) is 0 Å². The lowest BCUT2D eigenvalue weighted by Gasteiger charge is -2.30. The van der Waals surface area contributed by atoms with Gasteiger partial charge in [-0.3, -0.25) is 5.01 Å². The lowest BCUT2D eigenvalue weighted by atomic mass is 10.1. The Morgan fingerprint density at radius 1 is 1.43 bits per heavy atom. The van der Waals surface area contributed by atoms with Crippen molar-refractivity contribution >= 4 is 6.34 Å². The molecular formula is C8H16N4O2. The van der Waals surface area contributed by atoms with Gasteiger partial charge >= 0.3 is 0 Å². The van der Waals surface area contributed by atoms with Gasteiger partial charge in [0.2, 0.25) is 0 Å². The SMILES string of the molecule is CC(C)C1N(C(C)C)N=CN1[N+](=O)[O-]. The van der Waals surface area contributed by atoms with Crippen molar-refractivity contribution in [3.63, 3.8) is 0 Å². The first-order valence-electron chi connectivity index (χ1n) is 4.70. The van der Waals surface area contributed by atoms with Crippen LogP contribution < -0.4 is 0 Å². The highest BCUT2D eigenvalue weighted by atomic mass is 16.7. The molecule has 0 aliphatic carbocycles. The van der Waals surface area contributed by atoms with Crippen molar-refractivity contribution in [2.45, 2.75) is 39.9 Å². The summed E-state index contributed by atoms with van der Waals surface area (Å²) in [6, 6.07) is 0.170. The number of hydrogen-bond acceptors (Lipinski definition) is 4. The van der Waals surface area contributed by atoms with E-state index < -0.39 is 5.03 Å². The molecule has 6 nitrogen and oxygen atoms in total. The first-order chi connectivity index (χ1) is 6.45. The molecule has 0 saturated carbocycles. The maximum atomic E-state index is 10.7. The van der Waals surface area contributed by atoms with Crippen LogP contribution in [0.1, 0.15) is 27.7 Å². The molecule has 1 unspecified atom stereocenters. The van der Waals surface area contributed by atoms with E-state index in [1.807, 2.05) is 27.7 Å². The molecule has 0 aromatic carbocycles. The van der Waals surface area contributed by atoms with Crippen molar-refractivity contribution in [3.8, 4) is 0 Å². The Hall–Kier alpha value is -1.33. The van der Waals surface area contributed by atoms with Crippen LogP contribution in [0.25, 0.3) is 0 Å². The van der Waals surface area contributed by atoms with Crippen LogP contribution in [0.15, 0.2) is 5.10 Å². The zero-order valence-electron chi connectivity index (χ0n) is 8.91. The number of rotatable bonds is 3. The lowest BCUT2D eigenvalue weighted by molar-refractivity contribution is -0.640. The fourth-order valence-electron chi connectivity index (χ4n) is 1.56. The fraction of sp³-hybridized carbons (Fsp3) is 0.875. The molecule has 14 heavy (non-hydrogen) atoms. The average molecular weight is 200 g/mol. The largest absolute Gasteiger partial charge is 0.264 e. The van der Waals surface area contributed by atoms with Crippen LogP contribution in [0.3, 0.4) is 0 Å². The molecule has 0 N–H and O–H groups in total. The highest BCUT2D eigenvalue weighted by molar-refractivity contribution is 5.55. The molecule has 6 heteroatoms. The lowest BCUT2D eigenvalue weighted by Crippen LogP contribution is -2.48. The van der Waals surface area contributed by atoms with Gasteiger partial charge in [0, 0.05) is 6.04 Å². The summed E-state index contributed by atoms with van der Waals surface area (Å²) in [4.78, 5) is 10.7. The Labute approximate surface area is 83.3 Å². The summed E-state index contributed by atoms with van der Waals surface area (Å²) in [5, 5.41) is 17.1. The van der Waals surface area contributed by atoms with E-state index in [2.05, 4.69) is 5.10 Å². The van der Waals surface area contributed by atoms with Gasteiger partial charge in [-0.05, 0) is 19.8 Å². The first-order valence-corrected chi connectivity index (χ1v) is 4.70. The summed E-state index contributed by atoms with van der Waals surface area (Å²) in [5.41, 5.74) is 0. The molecule has 1 atom stereocenters. The Balaban J connectivity index is 2.85. The third kappa shape index (κ3) is 1.78. The van der Waals surface area contributed by atoms with Gasteiger partial charge in [0.15, 0.2) is 17.5 Å². The second-order valence-electron chi connectivity index (χ2n) is 3.98. The molecule has 0 amide bonds. The Morgan fingerprint density at radius 3 is 2.36 bits per heavy atom. The first kappa shape index (κ1) is 10.7. The van der Waals surface area contributed by atoms with Crippen LogP contribution in [0.2, 0.25) is 0 Å². The van der Waals surface area contributed by atoms with Crippen LogP contribution in [-0.2, 0) is 0 Å². The van der Waals surface area contributed by atoms with Crippen molar-refractivity contribution in [2.24, 2.45) is 11.0 Å². The molecule has 0 saturated heterocycles. The number of hydrazone groups is 1. The summed E-state index contributed by atoms with van der Waals surface area (Å²) < 4.78 is 0. The fourth-order valence-corrected chi connectivity index (χ4v) is 1.56. The summed E-state index contributed by atoms with van der Waals surface area (Å²) in [5.74, 6) is 0.158. The Kier molecular flexibility index (Phi) is 2.93. The summed E-state index contributed by atoms with van der Waals surface area (Å²) in [6.07, 6.45) is 1.01. The smallest absolute Gasteiger partial charge is 0.185 e. The minimum Gasteiger partial charge on any atom is -0.264 e. The minimum absolute atomic E-state index is 0.158. The molecule has 0 aromatic rings. The molecule has 0 aromatic heterocycles. The summed E-state index contributed by atoms with van der Waals surface area (Å²) >= 11 is 0. The van der Waals surface area contributed by atoms with E-state index in [0.717, 1.165) is 5.01 Å². The molecule has 1 aliphatic rings. The van der Waals surface area contributed by atoms with E-state index in [4.69, 9.17) is 0 Å². The molecule has 1 aliphatic heterocycles. The monoisotopic (exact) mass is 200 g/mol. The maximum Gasteiger partial charge on any atom is 0.185 e. The predicted octanol–water partition coefficient (Wildman–Crippen LogP) is 1.13. The van der Waals surface area contributed by atoms with Gasteiger partial charge in [-0.15, -0.1) is 0 Å². The van der Waals surface area contributed by atoms with Crippen molar-refractivity contribution in [1.29, 1.82) is 0 Å². The van der Waals surface area contributed by atoms with E-state index >= 15 is 0 Å². The number of nitro groups is 1. The molecule has 0 radical (unpaired) electrons. The molecule has 0 bridgehead atoms. The van der Waals surface area contributed by atoms with Gasteiger partial charge in [0.05, 0.1) is 0 Å². The van der Waals surface area contributed by atoms with Gasteiger partial charge in [-0.1, -0.05) is 18.9 Å². The van der Waals surface area contributed by atoms with Gasteiger partial charge in [0.25, 0.3) is 0 Å². The van der Waals surface area contributed by atoms with Crippen LogP contribution in [0, 0.1) is 16.0 Å². The molecule has 0 fully saturated rings. The second-order valence-corrected chi connectivity index (χ2v) is 3.98. The van der Waals surface area contributed by atoms with Crippen molar-refractivity contribution in [1.82, 2.24) is 10.0 Å². The number of hydrogen-bond donors (Lipinski definition) is 0. The highest BCUT2D eigenvalue weighted by Gasteiger charge is 2.39. The van der Waals surface area contributed by atoms with E-state index in [1.165, 1.54) is 6.34 Å². The van der Waals surface area contributed by atoms with Gasteiger partial charge in [0.1, 0.15) is 0 Å². The average Bonchev–Trinajstić information content (AvgIpc) is 2.46. The normalized spacial score (nSPS) is 21.4. The van der Waals surface area contributed by atoms with Gasteiger partial charge in [-0.25, -0.2) is 10.1 Å². The van der Waals surface area contributed by atoms with Crippen molar-refractivity contribution in [3.05, 3.63) is 10.1 Å². The Morgan fingerprint density at radius 2 is 2.00 bits per heavy atom. The highest BCUT2D eigenvalue weighted by Crippen LogP contribution is 2.22. The van der Waals surface area contributed by atoms with Crippen molar-refractivity contribution < 1.29 is 5.03 Å². The van der Waals surface area contributed by atoms with Gasteiger partial charge in [-0.2, -0.15) is 5.10 Å². The van der Waals surface area contributed by atoms with E-state index in [0.29, 0.717) is 0 Å². The zero-order chi connectivity index (χ0) is 10.9. The van der Waals surface area contributed by atoms with E-state index in [9.17, 15) is 10.1 Å². The summed E-state index contributed by atoms with van der Waals surface area (Å²) in [7, 11) is 0. The summed E-state index contributed by atoms with van der Waals surface area (Å²) in [6.45, 7) is 7.84. The third-order valence-corrected chi connectivity index (χ3v) is 2.16. The molecule has 80 valence electrons. The number of hydrazine groups is 1. The molecule has 1 rings (SSSR count). The molecule has 0 spiro atoms.